The van der Waals surface area contributed by atoms with Gasteiger partial charge in [0.1, 0.15) is 29.2 Å². The van der Waals surface area contributed by atoms with E-state index in [0.29, 0.717) is 28.6 Å². The predicted octanol–water partition coefficient (Wildman–Crippen LogP) is 3.17. The van der Waals surface area contributed by atoms with Gasteiger partial charge in [-0.25, -0.2) is 13.4 Å². The fraction of sp³-hybridized carbons (Fsp3) is 0.273. The zero-order valence-corrected chi connectivity index (χ0v) is 18.2. The molecule has 0 bridgehead atoms. The van der Waals surface area contributed by atoms with Gasteiger partial charge in [0.15, 0.2) is 9.84 Å². The Hall–Kier alpha value is -3.17. The van der Waals surface area contributed by atoms with Gasteiger partial charge in [0.05, 0.1) is 16.8 Å². The largest absolute Gasteiger partial charge is 0.488 e. The second-order valence-electron chi connectivity index (χ2n) is 7.02. The normalized spacial score (nSPS) is 13.4. The molecule has 0 radical (unpaired) electrons. The molecule has 8 nitrogen and oxygen atoms in total. The van der Waals surface area contributed by atoms with Gasteiger partial charge in [-0.1, -0.05) is 6.92 Å². The molecule has 2 N–H and O–H groups in total. The Morgan fingerprint density at radius 2 is 1.71 bits per heavy atom. The molecule has 31 heavy (non-hydrogen) atoms. The lowest BCUT2D eigenvalue weighted by atomic mass is 10.1. The van der Waals surface area contributed by atoms with E-state index in [4.69, 9.17) is 9.47 Å². The summed E-state index contributed by atoms with van der Waals surface area (Å²) < 4.78 is 35.7. The second-order valence-corrected chi connectivity index (χ2v) is 9.29. The summed E-state index contributed by atoms with van der Waals surface area (Å²) >= 11 is 0. The third-order valence-electron chi connectivity index (χ3n) is 4.62. The van der Waals surface area contributed by atoms with E-state index in [-0.39, 0.29) is 16.2 Å². The lowest BCUT2D eigenvalue weighted by Crippen LogP contribution is -2.25. The van der Waals surface area contributed by atoms with E-state index in [2.05, 4.69) is 9.97 Å². The summed E-state index contributed by atoms with van der Waals surface area (Å²) in [6.45, 7) is 4.93. The molecule has 1 heterocycles. The van der Waals surface area contributed by atoms with Crippen LogP contribution < -0.4 is 15.0 Å². The number of aliphatic hydroxyl groups is 1. The van der Waals surface area contributed by atoms with Gasteiger partial charge in [0.25, 0.3) is 5.56 Å². The highest BCUT2D eigenvalue weighted by atomic mass is 32.2. The average Bonchev–Trinajstić information content (AvgIpc) is 2.74. The molecule has 0 saturated heterocycles. The van der Waals surface area contributed by atoms with Crippen LogP contribution in [0.1, 0.15) is 20.8 Å². The molecule has 0 aliphatic carbocycles. The highest BCUT2D eigenvalue weighted by molar-refractivity contribution is 7.91. The van der Waals surface area contributed by atoms with Gasteiger partial charge in [-0.2, -0.15) is 0 Å². The number of aromatic amines is 1. The predicted molar refractivity (Wildman–Crippen MR) is 116 cm³/mol. The molecule has 0 saturated carbocycles. The summed E-state index contributed by atoms with van der Waals surface area (Å²) in [7, 11) is -3.30. The van der Waals surface area contributed by atoms with Gasteiger partial charge >= 0.3 is 0 Å². The quantitative estimate of drug-likeness (QED) is 0.548. The Morgan fingerprint density at radius 1 is 1.03 bits per heavy atom. The maximum atomic E-state index is 12.0. The molecule has 0 fully saturated rings. The van der Waals surface area contributed by atoms with Crippen LogP contribution in [0.2, 0.25) is 0 Å². The number of ether oxygens (including phenoxy) is 2. The van der Waals surface area contributed by atoms with Crippen LogP contribution in [-0.2, 0) is 9.84 Å². The summed E-state index contributed by atoms with van der Waals surface area (Å²) in [6, 6.07) is 12.4. The molecule has 3 rings (SSSR count). The zero-order chi connectivity index (χ0) is 22.6. The Labute approximate surface area is 180 Å². The van der Waals surface area contributed by atoms with Gasteiger partial charge in [0.2, 0.25) is 0 Å². The first-order chi connectivity index (χ1) is 14.7. The van der Waals surface area contributed by atoms with Gasteiger partial charge in [-0.05, 0) is 50.2 Å². The highest BCUT2D eigenvalue weighted by Gasteiger charge is 2.15. The lowest BCUT2D eigenvalue weighted by molar-refractivity contribution is 0.0603. The van der Waals surface area contributed by atoms with Gasteiger partial charge < -0.3 is 19.6 Å². The molecule has 0 spiro atoms. The van der Waals surface area contributed by atoms with Crippen molar-refractivity contribution in [3.05, 3.63) is 65.1 Å². The maximum Gasteiger partial charge on any atom is 0.251 e. The van der Waals surface area contributed by atoms with Crippen molar-refractivity contribution in [2.24, 2.45) is 0 Å². The third kappa shape index (κ3) is 5.71. The molecule has 2 atom stereocenters. The lowest BCUT2D eigenvalue weighted by Gasteiger charge is -2.18. The third-order valence-corrected chi connectivity index (χ3v) is 6.38. The van der Waals surface area contributed by atoms with E-state index < -0.39 is 22.0 Å². The second kappa shape index (κ2) is 9.32. The number of benzene rings is 2. The van der Waals surface area contributed by atoms with Crippen molar-refractivity contribution in [1.29, 1.82) is 0 Å². The van der Waals surface area contributed by atoms with E-state index in [1.165, 1.54) is 24.4 Å². The topological polar surface area (TPSA) is 119 Å². The minimum Gasteiger partial charge on any atom is -0.488 e. The van der Waals surface area contributed by atoms with Gasteiger partial charge in [0, 0.05) is 23.9 Å². The molecule has 0 aliphatic heterocycles. The fourth-order valence-corrected chi connectivity index (χ4v) is 3.57. The smallest absolute Gasteiger partial charge is 0.251 e. The highest BCUT2D eigenvalue weighted by Crippen LogP contribution is 2.32. The van der Waals surface area contributed by atoms with Crippen molar-refractivity contribution >= 4 is 9.84 Å². The summed E-state index contributed by atoms with van der Waals surface area (Å²) in [5, 5.41) is 9.76. The molecule has 0 aliphatic rings. The van der Waals surface area contributed by atoms with E-state index in [0.717, 1.165) is 0 Å². The number of hydrogen-bond donors (Lipinski definition) is 2. The molecule has 3 aromatic rings. The first kappa shape index (κ1) is 22.5. The van der Waals surface area contributed by atoms with Crippen LogP contribution in [0.3, 0.4) is 0 Å². The van der Waals surface area contributed by atoms with E-state index in [1.807, 2.05) is 0 Å². The summed E-state index contributed by atoms with van der Waals surface area (Å²) in [6.07, 6.45) is 0.216. The van der Waals surface area contributed by atoms with Crippen molar-refractivity contribution in [3.63, 3.8) is 0 Å². The minimum atomic E-state index is -3.30. The SMILES string of the molecule is CCS(=O)(=O)c1ccc(Oc2cc(O[C@@H](C)[C@@H](C)O)cc(-c3nccc(=O)[nH]3)c2)cc1. The summed E-state index contributed by atoms with van der Waals surface area (Å²) in [5.74, 6) is 1.58. The number of aromatic nitrogens is 2. The van der Waals surface area contributed by atoms with Crippen LogP contribution in [-0.4, -0.2) is 41.5 Å². The van der Waals surface area contributed by atoms with Gasteiger partial charge in [-0.15, -0.1) is 0 Å². The van der Waals surface area contributed by atoms with Crippen molar-refractivity contribution in [1.82, 2.24) is 9.97 Å². The maximum absolute atomic E-state index is 12.0. The summed E-state index contributed by atoms with van der Waals surface area (Å²) in [4.78, 5) is 18.7. The van der Waals surface area contributed by atoms with Crippen LogP contribution in [0.15, 0.2) is 64.4 Å². The van der Waals surface area contributed by atoms with Crippen LogP contribution in [0.5, 0.6) is 17.2 Å². The fourth-order valence-electron chi connectivity index (χ4n) is 2.68. The Morgan fingerprint density at radius 3 is 2.32 bits per heavy atom. The Kier molecular flexibility index (Phi) is 6.77. The van der Waals surface area contributed by atoms with Crippen LogP contribution in [0.25, 0.3) is 11.4 Å². The van der Waals surface area contributed by atoms with E-state index in [9.17, 15) is 18.3 Å². The standard InChI is InChI=1S/C22H24N2O6S/c1-4-31(27,28)20-7-5-17(6-8-20)30-19-12-16(22-23-10-9-21(26)24-22)11-18(13-19)29-15(3)14(2)25/h5-15,25H,4H2,1-3H3,(H,23,24,26)/t14-,15+/m1/s1. The van der Waals surface area contributed by atoms with Crippen molar-refractivity contribution in [2.75, 3.05) is 5.75 Å². The Bertz CT molecular complexity index is 1200. The summed E-state index contributed by atoms with van der Waals surface area (Å²) in [5.41, 5.74) is 0.247. The number of sulfone groups is 1. The average molecular weight is 445 g/mol. The zero-order valence-electron chi connectivity index (χ0n) is 17.4. The monoisotopic (exact) mass is 444 g/mol. The first-order valence-corrected chi connectivity index (χ1v) is 11.4. The van der Waals surface area contributed by atoms with Crippen LogP contribution in [0, 0.1) is 0 Å². The van der Waals surface area contributed by atoms with E-state index >= 15 is 0 Å². The molecule has 0 amide bonds. The van der Waals surface area contributed by atoms with Crippen molar-refractivity contribution in [3.8, 4) is 28.6 Å². The van der Waals surface area contributed by atoms with Crippen molar-refractivity contribution in [2.45, 2.75) is 37.9 Å². The number of nitrogens with one attached hydrogen (secondary N) is 1. The number of hydrogen-bond acceptors (Lipinski definition) is 7. The molecular weight excluding hydrogens is 420 g/mol. The molecule has 164 valence electrons. The molecule has 9 heteroatoms. The molecule has 2 aromatic carbocycles. The minimum absolute atomic E-state index is 0.0136. The number of rotatable bonds is 8. The number of nitrogens with zero attached hydrogens (tertiary/aromatic N) is 1. The van der Waals surface area contributed by atoms with E-state index in [1.54, 1.807) is 51.1 Å². The van der Waals surface area contributed by atoms with Crippen LogP contribution >= 0.6 is 0 Å². The Balaban J connectivity index is 1.96. The number of aliphatic hydroxyl groups excluding tert-OH is 1. The first-order valence-electron chi connectivity index (χ1n) is 9.74. The molecule has 0 unspecified atom stereocenters. The molecular formula is C22H24N2O6S. The molecule has 1 aromatic heterocycles. The van der Waals surface area contributed by atoms with Crippen LogP contribution in [0.4, 0.5) is 0 Å². The number of H-pyrrole nitrogens is 1. The van der Waals surface area contributed by atoms with Gasteiger partial charge in [-0.3, -0.25) is 4.79 Å². The van der Waals surface area contributed by atoms with Crippen molar-refractivity contribution < 1.29 is 23.0 Å².